The normalized spacial score (nSPS) is 10.1. The minimum atomic E-state index is 0.0902. The lowest BCUT2D eigenvalue weighted by atomic mass is 10.1. The average Bonchev–Trinajstić information content (AvgIpc) is 2.21. The van der Waals surface area contributed by atoms with Gasteiger partial charge in [-0.05, 0) is 31.4 Å². The highest BCUT2D eigenvalue weighted by Crippen LogP contribution is 2.25. The second kappa shape index (κ2) is 6.03. The van der Waals surface area contributed by atoms with Crippen molar-refractivity contribution in [1.29, 1.82) is 0 Å². The van der Waals surface area contributed by atoms with Crippen molar-refractivity contribution in [2.75, 3.05) is 18.6 Å². The van der Waals surface area contributed by atoms with E-state index in [-0.39, 0.29) is 5.78 Å². The van der Waals surface area contributed by atoms with Gasteiger partial charge in [0.15, 0.2) is 5.78 Å². The fraction of sp³-hybridized carbons (Fsp3) is 0.364. The molecule has 0 aromatic heterocycles. The van der Waals surface area contributed by atoms with E-state index in [1.165, 1.54) is 11.8 Å². The van der Waals surface area contributed by atoms with E-state index in [4.69, 9.17) is 16.3 Å². The van der Waals surface area contributed by atoms with Gasteiger partial charge < -0.3 is 4.74 Å². The molecule has 0 aliphatic rings. The monoisotopic (exact) mass is 244 g/mol. The molecule has 0 fully saturated rings. The fourth-order valence-corrected chi connectivity index (χ4v) is 1.83. The van der Waals surface area contributed by atoms with Crippen LogP contribution in [0.4, 0.5) is 0 Å². The van der Waals surface area contributed by atoms with Gasteiger partial charge in [-0.15, -0.1) is 0 Å². The molecule has 0 aliphatic carbocycles. The maximum Gasteiger partial charge on any atom is 0.172 e. The maximum atomic E-state index is 11.5. The predicted molar refractivity (Wildman–Crippen MR) is 65.3 cm³/mol. The highest BCUT2D eigenvalue weighted by Gasteiger charge is 2.08. The number of halogens is 1. The first-order valence-electron chi connectivity index (χ1n) is 4.63. The number of carbonyl (C=O) groups excluding carboxylic acids is 1. The molecule has 0 radical (unpaired) electrons. The molecule has 0 N–H and O–H groups in total. The van der Waals surface area contributed by atoms with Crippen LogP contribution in [0.5, 0.6) is 5.75 Å². The Bertz CT molecular complexity index is 352. The van der Waals surface area contributed by atoms with E-state index < -0.39 is 0 Å². The molecule has 0 bridgehead atoms. The molecule has 1 aromatic rings. The van der Waals surface area contributed by atoms with Gasteiger partial charge in [-0.25, -0.2) is 0 Å². The van der Waals surface area contributed by atoms with Crippen LogP contribution < -0.4 is 4.74 Å². The smallest absolute Gasteiger partial charge is 0.172 e. The summed E-state index contributed by atoms with van der Waals surface area (Å²) in [4.78, 5) is 11.5. The first-order valence-corrected chi connectivity index (χ1v) is 6.40. The lowest BCUT2D eigenvalue weighted by Crippen LogP contribution is -2.02. The van der Waals surface area contributed by atoms with Gasteiger partial charge in [0.05, 0.1) is 17.4 Å². The van der Waals surface area contributed by atoms with Crippen molar-refractivity contribution in [2.45, 2.75) is 6.92 Å². The molecule has 2 nitrogen and oxygen atoms in total. The molecule has 0 aliphatic heterocycles. The molecule has 0 atom stereocenters. The van der Waals surface area contributed by atoms with E-state index in [0.717, 1.165) is 0 Å². The highest BCUT2D eigenvalue weighted by molar-refractivity contribution is 7.99. The third kappa shape index (κ3) is 3.43. The zero-order valence-corrected chi connectivity index (χ0v) is 10.3. The summed E-state index contributed by atoms with van der Waals surface area (Å²) in [5.41, 5.74) is 0.637. The van der Waals surface area contributed by atoms with E-state index in [9.17, 15) is 4.79 Å². The second-order valence-corrected chi connectivity index (χ2v) is 4.21. The van der Waals surface area contributed by atoms with Crippen molar-refractivity contribution < 1.29 is 9.53 Å². The van der Waals surface area contributed by atoms with Crippen LogP contribution in [0.25, 0.3) is 0 Å². The second-order valence-electron chi connectivity index (χ2n) is 2.93. The van der Waals surface area contributed by atoms with E-state index >= 15 is 0 Å². The summed E-state index contributed by atoms with van der Waals surface area (Å²) in [6, 6.07) is 5.14. The summed E-state index contributed by atoms with van der Waals surface area (Å²) in [7, 11) is 0. The van der Waals surface area contributed by atoms with Crippen molar-refractivity contribution in [2.24, 2.45) is 0 Å². The van der Waals surface area contributed by atoms with Gasteiger partial charge in [-0.1, -0.05) is 11.6 Å². The molecule has 15 heavy (non-hydrogen) atoms. The highest BCUT2D eigenvalue weighted by atomic mass is 35.5. The Morgan fingerprint density at radius 2 is 2.27 bits per heavy atom. The number of ether oxygens (including phenoxy) is 1. The molecule has 0 spiro atoms. The van der Waals surface area contributed by atoms with Crippen molar-refractivity contribution in [3.63, 3.8) is 0 Å². The van der Waals surface area contributed by atoms with Gasteiger partial charge in [0.25, 0.3) is 0 Å². The van der Waals surface area contributed by atoms with Crippen molar-refractivity contribution >= 4 is 29.1 Å². The van der Waals surface area contributed by atoms with Crippen LogP contribution in [-0.2, 0) is 0 Å². The molecule has 4 heteroatoms. The number of Topliss-reactive ketones (excluding diaryl/α,β-unsaturated/α-hetero) is 1. The predicted octanol–water partition coefficient (Wildman–Crippen LogP) is 3.28. The van der Waals surface area contributed by atoms with Crippen LogP contribution in [0.15, 0.2) is 18.2 Å². The first kappa shape index (κ1) is 12.4. The van der Waals surface area contributed by atoms with E-state index in [0.29, 0.717) is 28.7 Å². The topological polar surface area (TPSA) is 26.3 Å². The molecule has 0 amide bonds. The molecular weight excluding hydrogens is 232 g/mol. The molecule has 0 saturated heterocycles. The SMILES string of the molecule is CCOc1ccc(C(=O)CSC)cc1Cl. The van der Waals surface area contributed by atoms with Gasteiger partial charge in [-0.3, -0.25) is 4.79 Å². The van der Waals surface area contributed by atoms with Gasteiger partial charge in [0, 0.05) is 5.56 Å². The van der Waals surface area contributed by atoms with Gasteiger partial charge >= 0.3 is 0 Å². The fourth-order valence-electron chi connectivity index (χ4n) is 1.16. The van der Waals surface area contributed by atoms with Crippen LogP contribution in [0.3, 0.4) is 0 Å². The number of carbonyl (C=O) groups is 1. The molecular formula is C11H13ClO2S. The molecule has 1 aromatic carbocycles. The zero-order chi connectivity index (χ0) is 11.3. The van der Waals surface area contributed by atoms with Crippen molar-refractivity contribution in [3.05, 3.63) is 28.8 Å². The van der Waals surface area contributed by atoms with Crippen molar-refractivity contribution in [3.8, 4) is 5.75 Å². The Balaban J connectivity index is 2.86. The lowest BCUT2D eigenvalue weighted by molar-refractivity contribution is 0.102. The minimum absolute atomic E-state index is 0.0902. The Morgan fingerprint density at radius 3 is 2.80 bits per heavy atom. The number of thioether (sulfide) groups is 1. The summed E-state index contributed by atoms with van der Waals surface area (Å²) in [6.07, 6.45) is 1.90. The largest absolute Gasteiger partial charge is 0.492 e. The third-order valence-corrected chi connectivity index (χ3v) is 2.68. The number of ketones is 1. The van der Waals surface area contributed by atoms with Gasteiger partial charge in [0.2, 0.25) is 0 Å². The Hall–Kier alpha value is -0.670. The quantitative estimate of drug-likeness (QED) is 0.744. The maximum absolute atomic E-state index is 11.5. The van der Waals surface area contributed by atoms with Gasteiger partial charge in [0.1, 0.15) is 5.75 Å². The van der Waals surface area contributed by atoms with Crippen LogP contribution in [-0.4, -0.2) is 24.4 Å². The first-order chi connectivity index (χ1) is 7.19. The molecule has 82 valence electrons. The van der Waals surface area contributed by atoms with Crippen LogP contribution in [0.1, 0.15) is 17.3 Å². The Morgan fingerprint density at radius 1 is 1.53 bits per heavy atom. The molecule has 0 unspecified atom stereocenters. The Labute approximate surface area is 99.0 Å². The summed E-state index contributed by atoms with van der Waals surface area (Å²) in [5.74, 6) is 1.19. The number of rotatable bonds is 5. The van der Waals surface area contributed by atoms with Gasteiger partial charge in [-0.2, -0.15) is 11.8 Å². The summed E-state index contributed by atoms with van der Waals surface area (Å²) >= 11 is 7.47. The summed E-state index contributed by atoms with van der Waals surface area (Å²) in [6.45, 7) is 2.46. The van der Waals surface area contributed by atoms with E-state index in [1.807, 2.05) is 13.2 Å². The van der Waals surface area contributed by atoms with E-state index in [2.05, 4.69) is 0 Å². The number of hydrogen-bond donors (Lipinski definition) is 0. The molecule has 0 saturated carbocycles. The van der Waals surface area contributed by atoms with Crippen LogP contribution >= 0.6 is 23.4 Å². The lowest BCUT2D eigenvalue weighted by Gasteiger charge is -2.06. The van der Waals surface area contributed by atoms with E-state index in [1.54, 1.807) is 18.2 Å². The third-order valence-electron chi connectivity index (χ3n) is 1.83. The van der Waals surface area contributed by atoms with Crippen LogP contribution in [0, 0.1) is 0 Å². The Kier molecular flexibility index (Phi) is 4.99. The standard InChI is InChI=1S/C11H13ClO2S/c1-3-14-11-5-4-8(6-9(11)12)10(13)7-15-2/h4-6H,3,7H2,1-2H3. The summed E-state index contributed by atoms with van der Waals surface area (Å²) in [5, 5.41) is 0.490. The number of benzene rings is 1. The van der Waals surface area contributed by atoms with Crippen molar-refractivity contribution in [1.82, 2.24) is 0 Å². The minimum Gasteiger partial charge on any atom is -0.492 e. The molecule has 1 rings (SSSR count). The summed E-state index contributed by atoms with van der Waals surface area (Å²) < 4.78 is 5.28. The zero-order valence-electron chi connectivity index (χ0n) is 8.75. The van der Waals surface area contributed by atoms with Crippen LogP contribution in [0.2, 0.25) is 5.02 Å². The number of hydrogen-bond acceptors (Lipinski definition) is 3. The molecule has 0 heterocycles. The average molecular weight is 245 g/mol.